The topological polar surface area (TPSA) is 89.5 Å². The van der Waals surface area contributed by atoms with Gasteiger partial charge < -0.3 is 29.4 Å². The van der Waals surface area contributed by atoms with Crippen LogP contribution in [0.15, 0.2) is 60.7 Å². The number of fused-ring (bicyclic) bond motifs is 1. The highest BCUT2D eigenvalue weighted by atomic mass is 16.7. The van der Waals surface area contributed by atoms with Gasteiger partial charge in [0.2, 0.25) is 5.91 Å². The molecule has 0 saturated carbocycles. The molecule has 2 N–H and O–H groups in total. The van der Waals surface area contributed by atoms with Crippen molar-refractivity contribution in [2.45, 2.75) is 51.4 Å². The molecule has 3 unspecified atom stereocenters. The van der Waals surface area contributed by atoms with Crippen molar-refractivity contribution in [1.82, 2.24) is 4.90 Å². The third-order valence-corrected chi connectivity index (χ3v) is 7.35. The van der Waals surface area contributed by atoms with Gasteiger partial charge >= 0.3 is 0 Å². The normalized spacial score (nSPS) is 21.2. The minimum absolute atomic E-state index is 0.00317. The maximum absolute atomic E-state index is 11.6. The fraction of sp³-hybridized carbons (Fsp3) is 0.387. The summed E-state index contributed by atoms with van der Waals surface area (Å²) in [6, 6.07) is 19.7. The van der Waals surface area contributed by atoms with Crippen LogP contribution in [-0.4, -0.2) is 49.3 Å². The number of hydrogen-bond donors (Lipinski definition) is 2. The van der Waals surface area contributed by atoms with Crippen molar-refractivity contribution >= 4 is 11.6 Å². The van der Waals surface area contributed by atoms with Gasteiger partial charge in [0.05, 0.1) is 33.0 Å². The van der Waals surface area contributed by atoms with Crippen molar-refractivity contribution in [2.24, 2.45) is 0 Å². The maximum Gasteiger partial charge on any atom is 0.221 e. The molecule has 3 aromatic carbocycles. The van der Waals surface area contributed by atoms with Gasteiger partial charge in [-0.2, -0.15) is 0 Å². The molecule has 0 radical (unpaired) electrons. The van der Waals surface area contributed by atoms with Gasteiger partial charge in [-0.25, -0.2) is 0 Å². The maximum atomic E-state index is 11.6. The molecule has 2 aliphatic rings. The van der Waals surface area contributed by atoms with Crippen LogP contribution in [0.3, 0.4) is 0 Å². The summed E-state index contributed by atoms with van der Waals surface area (Å²) >= 11 is 0. The number of nitrogens with one attached hydrogen (secondary N) is 1. The number of carbonyl (C=O) groups excluding carboxylic acids is 1. The van der Waals surface area contributed by atoms with Crippen molar-refractivity contribution in [3.63, 3.8) is 0 Å². The van der Waals surface area contributed by atoms with Crippen LogP contribution in [0.1, 0.15) is 53.6 Å². The van der Waals surface area contributed by atoms with E-state index in [1.807, 2.05) is 48.5 Å². The van der Waals surface area contributed by atoms with E-state index in [1.165, 1.54) is 18.1 Å². The van der Waals surface area contributed by atoms with Gasteiger partial charge in [-0.15, -0.1) is 0 Å². The minimum Gasteiger partial charge on any atom is -0.493 e. The van der Waals surface area contributed by atoms with Crippen molar-refractivity contribution in [2.75, 3.05) is 32.6 Å². The van der Waals surface area contributed by atoms with Crippen LogP contribution >= 0.6 is 0 Å². The van der Waals surface area contributed by atoms with Crippen LogP contribution < -0.4 is 14.8 Å². The third kappa shape index (κ3) is 6.42. The summed E-state index contributed by atoms with van der Waals surface area (Å²) in [5, 5.41) is 12.3. The summed E-state index contributed by atoms with van der Waals surface area (Å²) in [5.74, 6) is 1.37. The Labute approximate surface area is 229 Å². The second-order valence-electron chi connectivity index (χ2n) is 10.1. The second kappa shape index (κ2) is 12.2. The molecule has 8 heteroatoms. The lowest BCUT2D eigenvalue weighted by atomic mass is 9.97. The van der Waals surface area contributed by atoms with E-state index in [0.717, 1.165) is 54.2 Å². The minimum atomic E-state index is -0.582. The zero-order valence-electron chi connectivity index (χ0n) is 22.7. The number of aliphatic hydroxyl groups excluding tert-OH is 1. The first-order valence-corrected chi connectivity index (χ1v) is 13.3. The predicted molar refractivity (Wildman–Crippen MR) is 148 cm³/mol. The molecule has 0 bridgehead atoms. The lowest BCUT2D eigenvalue weighted by Gasteiger charge is -2.39. The van der Waals surface area contributed by atoms with Gasteiger partial charge in [0.1, 0.15) is 0 Å². The molecule has 5 rings (SSSR count). The molecule has 1 saturated heterocycles. The summed E-state index contributed by atoms with van der Waals surface area (Å²) in [4.78, 5) is 14.0. The Kier molecular flexibility index (Phi) is 8.47. The standard InChI is InChI=1S/C31H36N2O6/c1-20(35)32-26-6-4-5-24(13-26)31-38-27(16-28(39-31)22-9-7-21(19-34)8-10-22)18-33-12-11-23-14-29(36-2)30(37-3)15-25(23)17-33/h4-10,13-15,27-28,31,34H,11-12,16-19H2,1-3H3,(H,32,35). The number of amides is 1. The van der Waals surface area contributed by atoms with Gasteiger partial charge in [0.15, 0.2) is 17.8 Å². The van der Waals surface area contributed by atoms with E-state index in [9.17, 15) is 9.90 Å². The fourth-order valence-electron chi connectivity index (χ4n) is 5.38. The molecule has 0 spiro atoms. The molecule has 8 nitrogen and oxygen atoms in total. The van der Waals surface area contributed by atoms with E-state index < -0.39 is 6.29 Å². The molecule has 0 aliphatic carbocycles. The van der Waals surface area contributed by atoms with Crippen molar-refractivity contribution in [3.05, 3.63) is 88.5 Å². The van der Waals surface area contributed by atoms with Gasteiger partial charge in [-0.05, 0) is 52.9 Å². The Morgan fingerprint density at radius 1 is 1.00 bits per heavy atom. The Morgan fingerprint density at radius 3 is 2.44 bits per heavy atom. The predicted octanol–water partition coefficient (Wildman–Crippen LogP) is 4.76. The molecule has 1 fully saturated rings. The van der Waals surface area contributed by atoms with Crippen molar-refractivity contribution in [3.8, 4) is 11.5 Å². The van der Waals surface area contributed by atoms with E-state index in [2.05, 4.69) is 22.3 Å². The quantitative estimate of drug-likeness (QED) is 0.433. The SMILES string of the molecule is COc1cc2c(cc1OC)CN(CC1CC(c3ccc(CO)cc3)OC(c3cccc(NC(C)=O)c3)O1)CC2. The van der Waals surface area contributed by atoms with Gasteiger partial charge in [0.25, 0.3) is 0 Å². The summed E-state index contributed by atoms with van der Waals surface area (Å²) in [6.45, 7) is 3.97. The van der Waals surface area contributed by atoms with Crippen LogP contribution in [-0.2, 0) is 33.8 Å². The first-order chi connectivity index (χ1) is 18.9. The van der Waals surface area contributed by atoms with Crippen molar-refractivity contribution in [1.29, 1.82) is 0 Å². The Morgan fingerprint density at radius 2 is 1.74 bits per heavy atom. The van der Waals surface area contributed by atoms with E-state index in [-0.39, 0.29) is 24.7 Å². The Bertz CT molecular complexity index is 1290. The van der Waals surface area contributed by atoms with E-state index >= 15 is 0 Å². The zero-order valence-corrected chi connectivity index (χ0v) is 22.7. The average Bonchev–Trinajstić information content (AvgIpc) is 2.96. The van der Waals surface area contributed by atoms with Crippen molar-refractivity contribution < 1.29 is 28.8 Å². The number of benzene rings is 3. The monoisotopic (exact) mass is 532 g/mol. The van der Waals surface area contributed by atoms with E-state index in [4.69, 9.17) is 18.9 Å². The van der Waals surface area contributed by atoms with E-state index in [1.54, 1.807) is 14.2 Å². The summed E-state index contributed by atoms with van der Waals surface area (Å²) in [5.41, 5.74) is 5.98. The molecule has 2 aliphatic heterocycles. The van der Waals surface area contributed by atoms with Gasteiger partial charge in [-0.1, -0.05) is 36.4 Å². The number of carbonyl (C=O) groups is 1. The number of methoxy groups -OCH3 is 2. The highest BCUT2D eigenvalue weighted by Crippen LogP contribution is 2.39. The number of ether oxygens (including phenoxy) is 4. The average molecular weight is 533 g/mol. The molecule has 0 aromatic heterocycles. The fourth-order valence-corrected chi connectivity index (χ4v) is 5.38. The first-order valence-electron chi connectivity index (χ1n) is 13.3. The van der Waals surface area contributed by atoms with E-state index in [0.29, 0.717) is 12.1 Å². The largest absolute Gasteiger partial charge is 0.493 e. The highest BCUT2D eigenvalue weighted by molar-refractivity contribution is 5.88. The van der Waals surface area contributed by atoms with Gasteiger partial charge in [-0.3, -0.25) is 9.69 Å². The molecule has 206 valence electrons. The first kappa shape index (κ1) is 27.1. The van der Waals surface area contributed by atoms with Crippen LogP contribution in [0.25, 0.3) is 0 Å². The molecule has 3 aromatic rings. The zero-order chi connectivity index (χ0) is 27.4. The molecule has 2 heterocycles. The van der Waals surface area contributed by atoms with Crippen LogP contribution in [0.4, 0.5) is 5.69 Å². The van der Waals surface area contributed by atoms with Crippen LogP contribution in [0, 0.1) is 0 Å². The molecule has 39 heavy (non-hydrogen) atoms. The lowest BCUT2D eigenvalue weighted by molar-refractivity contribution is -0.253. The number of anilines is 1. The molecule has 1 amide bonds. The Balaban J connectivity index is 1.36. The molecule has 3 atom stereocenters. The van der Waals surface area contributed by atoms with Crippen LogP contribution in [0.5, 0.6) is 11.5 Å². The summed E-state index contributed by atoms with van der Waals surface area (Å²) in [7, 11) is 3.33. The highest BCUT2D eigenvalue weighted by Gasteiger charge is 2.34. The lowest BCUT2D eigenvalue weighted by Crippen LogP contribution is -2.41. The summed E-state index contributed by atoms with van der Waals surface area (Å²) < 4.78 is 24.0. The van der Waals surface area contributed by atoms with Gasteiger partial charge in [0, 0.05) is 44.2 Å². The Hall–Kier alpha value is -3.43. The number of hydrogen-bond acceptors (Lipinski definition) is 7. The number of aliphatic hydroxyl groups is 1. The summed E-state index contributed by atoms with van der Waals surface area (Å²) in [6.07, 6.45) is 0.800. The third-order valence-electron chi connectivity index (χ3n) is 7.35. The molecular weight excluding hydrogens is 496 g/mol. The molecular formula is C31H36N2O6. The number of nitrogens with zero attached hydrogens (tertiary/aromatic N) is 1. The smallest absolute Gasteiger partial charge is 0.221 e. The second-order valence-corrected chi connectivity index (χ2v) is 10.1. The van der Waals surface area contributed by atoms with Crippen LogP contribution in [0.2, 0.25) is 0 Å². The number of rotatable bonds is 8.